The molecule has 0 amide bonds. The van der Waals surface area contributed by atoms with Crippen molar-refractivity contribution in [2.75, 3.05) is 14.2 Å². The van der Waals surface area contributed by atoms with E-state index in [0.29, 0.717) is 11.5 Å². The first-order valence-corrected chi connectivity index (χ1v) is 7.39. The highest BCUT2D eigenvalue weighted by Crippen LogP contribution is 2.39. The first-order valence-electron chi connectivity index (χ1n) is 5.72. The summed E-state index contributed by atoms with van der Waals surface area (Å²) in [4.78, 5) is 0.775. The maximum atomic E-state index is 10.5. The Morgan fingerprint density at radius 3 is 2.53 bits per heavy atom. The SMILES string of the molecule is COc1cc(C)c(Br)cc1C(O)c1sccc1OC. The van der Waals surface area contributed by atoms with Gasteiger partial charge >= 0.3 is 0 Å². The van der Waals surface area contributed by atoms with Crippen molar-refractivity contribution in [1.82, 2.24) is 0 Å². The van der Waals surface area contributed by atoms with Crippen molar-refractivity contribution in [2.45, 2.75) is 13.0 Å². The van der Waals surface area contributed by atoms with E-state index < -0.39 is 6.10 Å². The molecule has 0 fully saturated rings. The molecule has 1 N–H and O–H groups in total. The quantitative estimate of drug-likeness (QED) is 0.915. The summed E-state index contributed by atoms with van der Waals surface area (Å²) in [6, 6.07) is 5.64. The highest BCUT2D eigenvalue weighted by Gasteiger charge is 2.21. The Morgan fingerprint density at radius 2 is 1.89 bits per heavy atom. The molecule has 3 nitrogen and oxygen atoms in total. The molecule has 0 bridgehead atoms. The van der Waals surface area contributed by atoms with Crippen LogP contribution in [0.1, 0.15) is 22.1 Å². The van der Waals surface area contributed by atoms with Crippen molar-refractivity contribution in [3.05, 3.63) is 44.1 Å². The molecule has 0 aliphatic carbocycles. The molecule has 5 heteroatoms. The maximum absolute atomic E-state index is 10.5. The minimum absolute atomic E-state index is 0.670. The first-order chi connectivity index (χ1) is 9.08. The van der Waals surface area contributed by atoms with Crippen LogP contribution in [0.25, 0.3) is 0 Å². The topological polar surface area (TPSA) is 38.7 Å². The standard InChI is InChI=1S/C14H15BrO3S/c1-8-6-12(18-3)9(7-10(8)15)13(16)14-11(17-2)4-5-19-14/h4-7,13,16H,1-3H3. The number of ether oxygens (including phenoxy) is 2. The lowest BCUT2D eigenvalue weighted by molar-refractivity contribution is 0.213. The lowest BCUT2D eigenvalue weighted by atomic mass is 10.0. The lowest BCUT2D eigenvalue weighted by Crippen LogP contribution is -2.03. The Hall–Kier alpha value is -1.04. The minimum Gasteiger partial charge on any atom is -0.496 e. The van der Waals surface area contributed by atoms with Gasteiger partial charge in [0.15, 0.2) is 0 Å². The van der Waals surface area contributed by atoms with E-state index in [1.54, 1.807) is 14.2 Å². The molecule has 0 aliphatic rings. The summed E-state index contributed by atoms with van der Waals surface area (Å²) in [6.45, 7) is 1.98. The van der Waals surface area contributed by atoms with E-state index in [1.165, 1.54) is 11.3 Å². The van der Waals surface area contributed by atoms with Crippen LogP contribution in [0.4, 0.5) is 0 Å². The fraction of sp³-hybridized carbons (Fsp3) is 0.286. The van der Waals surface area contributed by atoms with E-state index in [0.717, 1.165) is 20.5 Å². The summed E-state index contributed by atoms with van der Waals surface area (Å²) in [6.07, 6.45) is -0.762. The molecule has 1 aromatic heterocycles. The number of aliphatic hydroxyl groups is 1. The molecule has 2 rings (SSSR count). The molecular weight excluding hydrogens is 328 g/mol. The molecule has 1 unspecified atom stereocenters. The van der Waals surface area contributed by atoms with Gasteiger partial charge in [-0.1, -0.05) is 15.9 Å². The largest absolute Gasteiger partial charge is 0.496 e. The summed E-state index contributed by atoms with van der Waals surface area (Å²) >= 11 is 4.94. The third-order valence-electron chi connectivity index (χ3n) is 2.93. The Kier molecular flexibility index (Phi) is 4.50. The third-order valence-corrected chi connectivity index (χ3v) is 4.74. The highest BCUT2D eigenvalue weighted by molar-refractivity contribution is 9.10. The number of hydrogen-bond donors (Lipinski definition) is 1. The van der Waals surface area contributed by atoms with Crippen molar-refractivity contribution in [3.63, 3.8) is 0 Å². The van der Waals surface area contributed by atoms with Crippen molar-refractivity contribution in [3.8, 4) is 11.5 Å². The fourth-order valence-corrected chi connectivity index (χ4v) is 3.10. The van der Waals surface area contributed by atoms with Gasteiger partial charge in [0.05, 0.1) is 19.1 Å². The van der Waals surface area contributed by atoms with E-state index in [2.05, 4.69) is 15.9 Å². The van der Waals surface area contributed by atoms with E-state index in [1.807, 2.05) is 30.5 Å². The van der Waals surface area contributed by atoms with Gasteiger partial charge in [-0.15, -0.1) is 11.3 Å². The molecule has 0 saturated heterocycles. The van der Waals surface area contributed by atoms with Crippen LogP contribution in [-0.2, 0) is 0 Å². The molecule has 0 radical (unpaired) electrons. The van der Waals surface area contributed by atoms with E-state index in [9.17, 15) is 5.11 Å². The summed E-state index contributed by atoms with van der Waals surface area (Å²) in [5, 5.41) is 12.4. The Bertz CT molecular complexity index is 580. The average molecular weight is 343 g/mol. The second-order valence-corrected chi connectivity index (χ2v) is 5.90. The van der Waals surface area contributed by atoms with Crippen LogP contribution in [-0.4, -0.2) is 19.3 Å². The van der Waals surface area contributed by atoms with Crippen LogP contribution < -0.4 is 9.47 Å². The summed E-state index contributed by atoms with van der Waals surface area (Å²) in [5.74, 6) is 1.36. The predicted octanol–water partition coefficient (Wildman–Crippen LogP) is 3.92. The Labute approximate surface area is 124 Å². The predicted molar refractivity (Wildman–Crippen MR) is 80.4 cm³/mol. The number of rotatable bonds is 4. The van der Waals surface area contributed by atoms with Crippen LogP contribution in [0.5, 0.6) is 11.5 Å². The van der Waals surface area contributed by atoms with Gasteiger partial charge in [-0.25, -0.2) is 0 Å². The van der Waals surface area contributed by atoms with Crippen molar-refractivity contribution < 1.29 is 14.6 Å². The van der Waals surface area contributed by atoms with Crippen LogP contribution in [0.15, 0.2) is 28.1 Å². The Morgan fingerprint density at radius 1 is 1.21 bits per heavy atom. The summed E-state index contributed by atoms with van der Waals surface area (Å²) in [5.41, 5.74) is 1.78. The van der Waals surface area contributed by atoms with Crippen molar-refractivity contribution in [2.24, 2.45) is 0 Å². The lowest BCUT2D eigenvalue weighted by Gasteiger charge is -2.16. The zero-order valence-corrected chi connectivity index (χ0v) is 13.3. The van der Waals surface area contributed by atoms with E-state index in [-0.39, 0.29) is 0 Å². The summed E-state index contributed by atoms with van der Waals surface area (Å²) < 4.78 is 11.6. The molecule has 102 valence electrons. The molecule has 0 spiro atoms. The number of methoxy groups -OCH3 is 2. The molecular formula is C14H15BrO3S. The van der Waals surface area contributed by atoms with Gasteiger partial charge in [-0.3, -0.25) is 0 Å². The monoisotopic (exact) mass is 342 g/mol. The minimum atomic E-state index is -0.762. The Balaban J connectivity index is 2.49. The number of aryl methyl sites for hydroxylation is 1. The van der Waals surface area contributed by atoms with Gasteiger partial charge in [0.25, 0.3) is 0 Å². The number of halogens is 1. The van der Waals surface area contributed by atoms with Crippen LogP contribution in [0.3, 0.4) is 0 Å². The van der Waals surface area contributed by atoms with Gasteiger partial charge < -0.3 is 14.6 Å². The highest BCUT2D eigenvalue weighted by atomic mass is 79.9. The van der Waals surface area contributed by atoms with E-state index in [4.69, 9.17) is 9.47 Å². The number of thiophene rings is 1. The van der Waals surface area contributed by atoms with Crippen LogP contribution >= 0.6 is 27.3 Å². The van der Waals surface area contributed by atoms with Gasteiger partial charge in [0.2, 0.25) is 0 Å². The molecule has 0 saturated carbocycles. The van der Waals surface area contributed by atoms with Crippen molar-refractivity contribution >= 4 is 27.3 Å². The molecule has 1 aromatic carbocycles. The van der Waals surface area contributed by atoms with Gasteiger partial charge in [0.1, 0.15) is 17.6 Å². The van der Waals surface area contributed by atoms with E-state index >= 15 is 0 Å². The van der Waals surface area contributed by atoms with Crippen LogP contribution in [0.2, 0.25) is 0 Å². The third kappa shape index (κ3) is 2.78. The normalized spacial score (nSPS) is 12.3. The first kappa shape index (κ1) is 14.4. The number of hydrogen-bond acceptors (Lipinski definition) is 4. The molecule has 19 heavy (non-hydrogen) atoms. The molecule has 0 aliphatic heterocycles. The average Bonchev–Trinajstić information content (AvgIpc) is 2.88. The van der Waals surface area contributed by atoms with Crippen molar-refractivity contribution in [1.29, 1.82) is 0 Å². The summed E-state index contributed by atoms with van der Waals surface area (Å²) in [7, 11) is 3.20. The molecule has 1 atom stereocenters. The zero-order chi connectivity index (χ0) is 14.0. The molecule has 2 aromatic rings. The number of aliphatic hydroxyl groups excluding tert-OH is 1. The zero-order valence-electron chi connectivity index (χ0n) is 10.9. The second-order valence-electron chi connectivity index (χ2n) is 4.10. The van der Waals surface area contributed by atoms with Gasteiger partial charge in [-0.05, 0) is 36.1 Å². The maximum Gasteiger partial charge on any atom is 0.135 e. The van der Waals surface area contributed by atoms with Gasteiger partial charge in [-0.2, -0.15) is 0 Å². The smallest absolute Gasteiger partial charge is 0.135 e. The fourth-order valence-electron chi connectivity index (χ4n) is 1.88. The second kappa shape index (κ2) is 5.94. The van der Waals surface area contributed by atoms with Gasteiger partial charge in [0, 0.05) is 10.0 Å². The molecule has 1 heterocycles. The van der Waals surface area contributed by atoms with Crippen LogP contribution in [0, 0.1) is 6.92 Å². The number of benzene rings is 1.